The Bertz CT molecular complexity index is 869. The lowest BCUT2D eigenvalue weighted by molar-refractivity contribution is -0.0605. The third-order valence-corrected chi connectivity index (χ3v) is 4.76. The highest BCUT2D eigenvalue weighted by Crippen LogP contribution is 2.25. The Labute approximate surface area is 170 Å². The maximum absolute atomic E-state index is 13.3. The molecule has 2 atom stereocenters. The largest absolute Gasteiger partial charge is 0.367 e. The molecule has 29 heavy (non-hydrogen) atoms. The Kier molecular flexibility index (Phi) is 6.82. The van der Waals surface area contributed by atoms with E-state index in [2.05, 4.69) is 10.2 Å². The van der Waals surface area contributed by atoms with Crippen molar-refractivity contribution in [3.05, 3.63) is 71.0 Å². The van der Waals surface area contributed by atoms with Crippen LogP contribution in [0.4, 0.5) is 4.39 Å². The summed E-state index contributed by atoms with van der Waals surface area (Å²) in [6, 6.07) is 13.6. The fourth-order valence-corrected chi connectivity index (χ4v) is 3.40. The van der Waals surface area contributed by atoms with Gasteiger partial charge in [0.05, 0.1) is 19.2 Å². The predicted octanol–water partition coefficient (Wildman–Crippen LogP) is 2.85. The molecule has 1 fully saturated rings. The number of guanidine groups is 1. The van der Waals surface area contributed by atoms with Gasteiger partial charge in [-0.2, -0.15) is 0 Å². The van der Waals surface area contributed by atoms with Crippen LogP contribution in [0.3, 0.4) is 0 Å². The summed E-state index contributed by atoms with van der Waals surface area (Å²) in [7, 11) is 0. The maximum Gasteiger partial charge on any atom is 0.248 e. The van der Waals surface area contributed by atoms with Gasteiger partial charge in [-0.15, -0.1) is 0 Å². The molecule has 6 nitrogen and oxygen atoms in total. The van der Waals surface area contributed by atoms with Crippen LogP contribution in [0.15, 0.2) is 53.5 Å². The second-order valence-electron chi connectivity index (χ2n) is 7.13. The van der Waals surface area contributed by atoms with E-state index in [1.807, 2.05) is 19.9 Å². The lowest BCUT2D eigenvalue weighted by Gasteiger charge is -2.38. The molecule has 0 spiro atoms. The molecule has 0 saturated carbocycles. The number of ether oxygens (including phenoxy) is 1. The topological polar surface area (TPSA) is 79.9 Å². The number of halogens is 1. The fourth-order valence-electron chi connectivity index (χ4n) is 3.40. The Hall–Kier alpha value is -2.93. The number of rotatable bonds is 5. The predicted molar refractivity (Wildman–Crippen MR) is 111 cm³/mol. The third-order valence-electron chi connectivity index (χ3n) is 4.76. The van der Waals surface area contributed by atoms with E-state index in [9.17, 15) is 9.18 Å². The summed E-state index contributed by atoms with van der Waals surface area (Å²) >= 11 is 0. The van der Waals surface area contributed by atoms with Crippen LogP contribution in [0, 0.1) is 5.82 Å². The van der Waals surface area contributed by atoms with Crippen LogP contribution in [0.5, 0.6) is 0 Å². The van der Waals surface area contributed by atoms with Crippen molar-refractivity contribution in [3.8, 4) is 0 Å². The smallest absolute Gasteiger partial charge is 0.248 e. The van der Waals surface area contributed by atoms with Gasteiger partial charge in [0.2, 0.25) is 5.91 Å². The summed E-state index contributed by atoms with van der Waals surface area (Å²) in [5.74, 6) is 0.0636. The highest BCUT2D eigenvalue weighted by atomic mass is 19.1. The number of amides is 1. The zero-order chi connectivity index (χ0) is 20.8. The third kappa shape index (κ3) is 5.54. The minimum absolute atomic E-state index is 0.000786. The number of carbonyl (C=O) groups is 1. The monoisotopic (exact) mass is 398 g/mol. The molecule has 7 heteroatoms. The number of nitrogens with two attached hydrogens (primary N) is 1. The minimum atomic E-state index is -0.452. The highest BCUT2D eigenvalue weighted by Gasteiger charge is 2.28. The Morgan fingerprint density at radius 3 is 2.72 bits per heavy atom. The fraction of sp³-hybridized carbons (Fsp3) is 0.364. The van der Waals surface area contributed by atoms with Gasteiger partial charge in [-0.25, -0.2) is 9.38 Å². The number of hydrogen-bond acceptors (Lipinski definition) is 3. The van der Waals surface area contributed by atoms with Crippen molar-refractivity contribution in [1.82, 2.24) is 10.2 Å². The second-order valence-corrected chi connectivity index (χ2v) is 7.13. The number of benzene rings is 2. The molecule has 0 aliphatic carbocycles. The van der Waals surface area contributed by atoms with Gasteiger partial charge in [0.25, 0.3) is 0 Å². The van der Waals surface area contributed by atoms with Crippen LogP contribution in [-0.2, 0) is 11.3 Å². The van der Waals surface area contributed by atoms with E-state index >= 15 is 0 Å². The van der Waals surface area contributed by atoms with Gasteiger partial charge in [0.1, 0.15) is 11.9 Å². The highest BCUT2D eigenvalue weighted by molar-refractivity contribution is 5.92. The number of carbonyl (C=O) groups excluding carboxylic acids is 1. The molecule has 1 aliphatic rings. The van der Waals surface area contributed by atoms with Crippen LogP contribution in [-0.4, -0.2) is 42.5 Å². The molecule has 2 aromatic rings. The molecule has 2 aromatic carbocycles. The zero-order valence-corrected chi connectivity index (χ0v) is 16.8. The summed E-state index contributed by atoms with van der Waals surface area (Å²) in [5.41, 5.74) is 7.69. The number of aliphatic imine (C=N–C) groups is 1. The molecular weight excluding hydrogens is 371 g/mol. The Morgan fingerprint density at radius 2 is 2.03 bits per heavy atom. The zero-order valence-electron chi connectivity index (χ0n) is 16.8. The molecule has 1 aliphatic heterocycles. The molecule has 0 aromatic heterocycles. The second kappa shape index (κ2) is 9.52. The van der Waals surface area contributed by atoms with Crippen molar-refractivity contribution >= 4 is 11.9 Å². The van der Waals surface area contributed by atoms with Gasteiger partial charge in [0, 0.05) is 18.7 Å². The van der Waals surface area contributed by atoms with E-state index < -0.39 is 5.91 Å². The van der Waals surface area contributed by atoms with Crippen LogP contribution < -0.4 is 11.1 Å². The van der Waals surface area contributed by atoms with Crippen LogP contribution in [0.25, 0.3) is 0 Å². The van der Waals surface area contributed by atoms with Gasteiger partial charge in [0.15, 0.2) is 5.96 Å². The minimum Gasteiger partial charge on any atom is -0.367 e. The maximum atomic E-state index is 13.3. The molecular formula is C22H27FN4O2. The molecule has 1 amide bonds. The van der Waals surface area contributed by atoms with E-state index in [-0.39, 0.29) is 18.0 Å². The average molecular weight is 398 g/mol. The summed E-state index contributed by atoms with van der Waals surface area (Å²) < 4.78 is 19.3. The Morgan fingerprint density at radius 1 is 1.28 bits per heavy atom. The molecule has 3 N–H and O–H groups in total. The van der Waals surface area contributed by atoms with E-state index in [1.165, 1.54) is 12.1 Å². The lowest BCUT2D eigenvalue weighted by atomic mass is 10.1. The summed E-state index contributed by atoms with van der Waals surface area (Å²) in [4.78, 5) is 18.3. The van der Waals surface area contributed by atoms with Crippen LogP contribution >= 0.6 is 0 Å². The van der Waals surface area contributed by atoms with Crippen molar-refractivity contribution in [3.63, 3.8) is 0 Å². The van der Waals surface area contributed by atoms with E-state index in [4.69, 9.17) is 15.5 Å². The molecule has 3 rings (SSSR count). The van der Waals surface area contributed by atoms with E-state index in [0.717, 1.165) is 23.6 Å². The van der Waals surface area contributed by atoms with Gasteiger partial charge in [-0.05, 0) is 49.2 Å². The number of primary amides is 1. The first kappa shape index (κ1) is 20.8. The van der Waals surface area contributed by atoms with Crippen molar-refractivity contribution in [2.24, 2.45) is 10.7 Å². The SMILES string of the molecule is CCNC(=NCc1cccc(C(N)=O)c1)N1CC(C)OC(c2ccc(F)cc2)C1. The van der Waals surface area contributed by atoms with E-state index in [1.54, 1.807) is 30.3 Å². The summed E-state index contributed by atoms with van der Waals surface area (Å²) in [5, 5.41) is 3.33. The summed E-state index contributed by atoms with van der Waals surface area (Å²) in [6.45, 7) is 6.50. The van der Waals surface area contributed by atoms with Crippen LogP contribution in [0.1, 0.15) is 41.4 Å². The Balaban J connectivity index is 1.77. The van der Waals surface area contributed by atoms with Crippen molar-refractivity contribution < 1.29 is 13.9 Å². The molecule has 0 radical (unpaired) electrons. The van der Waals surface area contributed by atoms with Gasteiger partial charge < -0.3 is 20.7 Å². The molecule has 154 valence electrons. The standard InChI is InChI=1S/C22H27FN4O2/c1-3-25-22(26-12-16-5-4-6-18(11-16)21(24)28)27-13-15(2)29-20(14-27)17-7-9-19(23)10-8-17/h4-11,15,20H,3,12-14H2,1-2H3,(H2,24,28)(H,25,26). The van der Waals surface area contributed by atoms with Crippen molar-refractivity contribution in [1.29, 1.82) is 0 Å². The number of hydrogen-bond donors (Lipinski definition) is 2. The number of morpholine rings is 1. The number of nitrogens with one attached hydrogen (secondary N) is 1. The average Bonchev–Trinajstić information content (AvgIpc) is 2.71. The lowest BCUT2D eigenvalue weighted by Crippen LogP contribution is -2.50. The van der Waals surface area contributed by atoms with Crippen molar-refractivity contribution in [2.75, 3.05) is 19.6 Å². The quantitative estimate of drug-likeness (QED) is 0.600. The summed E-state index contributed by atoms with van der Waals surface area (Å²) in [6.07, 6.45) is -0.165. The van der Waals surface area contributed by atoms with E-state index in [0.29, 0.717) is 25.2 Å². The first-order valence-corrected chi connectivity index (χ1v) is 9.79. The first-order chi connectivity index (χ1) is 14.0. The number of nitrogens with zero attached hydrogens (tertiary/aromatic N) is 2. The molecule has 1 heterocycles. The van der Waals surface area contributed by atoms with Crippen LogP contribution in [0.2, 0.25) is 0 Å². The van der Waals surface area contributed by atoms with Crippen molar-refractivity contribution in [2.45, 2.75) is 32.6 Å². The molecule has 1 saturated heterocycles. The molecule has 0 bridgehead atoms. The normalized spacial score (nSPS) is 19.8. The van der Waals surface area contributed by atoms with Gasteiger partial charge in [-0.3, -0.25) is 4.79 Å². The molecule has 2 unspecified atom stereocenters. The van der Waals surface area contributed by atoms with Gasteiger partial charge in [-0.1, -0.05) is 24.3 Å². The van der Waals surface area contributed by atoms with Gasteiger partial charge >= 0.3 is 0 Å². The first-order valence-electron chi connectivity index (χ1n) is 9.79.